The Labute approximate surface area is 127 Å². The Morgan fingerprint density at radius 3 is 2.62 bits per heavy atom. The summed E-state index contributed by atoms with van der Waals surface area (Å²) in [5.74, 6) is 0. The molecule has 1 saturated heterocycles. The largest absolute Gasteiger partial charge is 0.388 e. The van der Waals surface area contributed by atoms with Gasteiger partial charge in [0.25, 0.3) is 0 Å². The van der Waals surface area contributed by atoms with Crippen molar-refractivity contribution in [3.8, 4) is 0 Å². The summed E-state index contributed by atoms with van der Waals surface area (Å²) in [5.41, 5.74) is 0. The summed E-state index contributed by atoms with van der Waals surface area (Å²) in [6.07, 6.45) is 7.58. The molecule has 0 amide bonds. The van der Waals surface area contributed by atoms with Crippen LogP contribution in [0, 0.1) is 0 Å². The lowest BCUT2D eigenvalue weighted by atomic mass is 10.1. The van der Waals surface area contributed by atoms with Gasteiger partial charge < -0.3 is 24.8 Å². The average molecular weight is 302 g/mol. The van der Waals surface area contributed by atoms with Crippen LogP contribution in [0.25, 0.3) is 0 Å². The van der Waals surface area contributed by atoms with Crippen LogP contribution >= 0.6 is 0 Å². The molecule has 5 heteroatoms. The van der Waals surface area contributed by atoms with Crippen LogP contribution in [0.1, 0.15) is 45.4 Å². The maximum absolute atomic E-state index is 9.83. The van der Waals surface area contributed by atoms with Crippen molar-refractivity contribution < 1.29 is 24.8 Å². The van der Waals surface area contributed by atoms with E-state index in [1.165, 1.54) is 6.42 Å². The van der Waals surface area contributed by atoms with E-state index >= 15 is 0 Å². The van der Waals surface area contributed by atoms with Gasteiger partial charge in [-0.3, -0.25) is 0 Å². The first kappa shape index (κ1) is 18.6. The maximum atomic E-state index is 9.83. The van der Waals surface area contributed by atoms with Crippen molar-refractivity contribution in [1.82, 2.24) is 0 Å². The molecule has 0 saturated carbocycles. The maximum Gasteiger partial charge on any atom is 0.114 e. The summed E-state index contributed by atoms with van der Waals surface area (Å²) in [6, 6.07) is 0. The van der Waals surface area contributed by atoms with E-state index in [4.69, 9.17) is 9.47 Å². The number of allylic oxidation sites excluding steroid dienone is 2. The van der Waals surface area contributed by atoms with Crippen LogP contribution < -0.4 is 0 Å². The molecule has 1 rings (SSSR count). The van der Waals surface area contributed by atoms with Gasteiger partial charge in [0.05, 0.1) is 13.2 Å². The molecule has 1 aliphatic heterocycles. The van der Waals surface area contributed by atoms with Gasteiger partial charge in [0.1, 0.15) is 24.4 Å². The molecule has 3 N–H and O–H groups in total. The van der Waals surface area contributed by atoms with E-state index in [1.54, 1.807) is 0 Å². The number of ether oxygens (including phenoxy) is 2. The van der Waals surface area contributed by atoms with Crippen molar-refractivity contribution in [2.24, 2.45) is 0 Å². The lowest BCUT2D eigenvalue weighted by Gasteiger charge is -2.20. The van der Waals surface area contributed by atoms with Gasteiger partial charge in [0.2, 0.25) is 0 Å². The summed E-state index contributed by atoms with van der Waals surface area (Å²) in [5, 5.41) is 28.8. The van der Waals surface area contributed by atoms with Gasteiger partial charge in [-0.1, -0.05) is 31.9 Å². The van der Waals surface area contributed by atoms with Gasteiger partial charge in [0.15, 0.2) is 0 Å². The third kappa shape index (κ3) is 7.38. The van der Waals surface area contributed by atoms with E-state index in [-0.39, 0.29) is 13.2 Å². The van der Waals surface area contributed by atoms with Crippen molar-refractivity contribution in [2.45, 2.75) is 69.9 Å². The van der Waals surface area contributed by atoms with Crippen molar-refractivity contribution in [2.75, 3.05) is 19.8 Å². The molecular weight excluding hydrogens is 272 g/mol. The lowest BCUT2D eigenvalue weighted by Crippen LogP contribution is -2.40. The molecule has 1 heterocycles. The molecule has 124 valence electrons. The summed E-state index contributed by atoms with van der Waals surface area (Å²) in [4.78, 5) is 0. The van der Waals surface area contributed by atoms with Crippen molar-refractivity contribution in [3.05, 3.63) is 12.2 Å². The highest BCUT2D eigenvalue weighted by Gasteiger charge is 2.39. The standard InChI is InChI=1S/C16H30O5/c1-2-3-4-5-6-7-8-9-10-20-11-14(18)16-15(19)13(17)12-21-16/h4-5,13-19H,2-3,6-12H2,1H3/b5-4+/t13-,14+,15+,16+/m0/s1. The van der Waals surface area contributed by atoms with Crippen LogP contribution in [0.5, 0.6) is 0 Å². The Hall–Kier alpha value is -0.460. The molecule has 0 aromatic heterocycles. The molecule has 0 aromatic rings. The summed E-state index contributed by atoms with van der Waals surface area (Å²) >= 11 is 0. The van der Waals surface area contributed by atoms with Crippen LogP contribution in [-0.4, -0.2) is 59.6 Å². The molecule has 0 unspecified atom stereocenters. The van der Waals surface area contributed by atoms with E-state index < -0.39 is 24.4 Å². The lowest BCUT2D eigenvalue weighted by molar-refractivity contribution is -0.0813. The Bertz CT molecular complexity index is 282. The van der Waals surface area contributed by atoms with E-state index in [9.17, 15) is 15.3 Å². The summed E-state index contributed by atoms with van der Waals surface area (Å²) < 4.78 is 10.5. The number of rotatable bonds is 11. The molecule has 21 heavy (non-hydrogen) atoms. The second-order valence-corrected chi connectivity index (χ2v) is 5.61. The SMILES string of the molecule is CCC/C=C/CCCCCOC[C@@H](O)[C@H]1OC[C@H](O)[C@H]1O. The number of aliphatic hydroxyl groups is 3. The fourth-order valence-corrected chi connectivity index (χ4v) is 2.31. The third-order valence-electron chi connectivity index (χ3n) is 3.64. The highest BCUT2D eigenvalue weighted by molar-refractivity contribution is 4.87. The molecule has 0 aromatic carbocycles. The highest BCUT2D eigenvalue weighted by atomic mass is 16.5. The Kier molecular flexibility index (Phi) is 9.87. The normalized spacial score (nSPS) is 27.5. The van der Waals surface area contributed by atoms with Gasteiger partial charge in [-0.2, -0.15) is 0 Å². The van der Waals surface area contributed by atoms with Gasteiger partial charge >= 0.3 is 0 Å². The number of hydrogen-bond donors (Lipinski definition) is 3. The second kappa shape index (κ2) is 11.2. The predicted octanol–water partition coefficient (Wildman–Crippen LogP) is 1.40. The van der Waals surface area contributed by atoms with Crippen LogP contribution in [-0.2, 0) is 9.47 Å². The minimum absolute atomic E-state index is 0.0639. The third-order valence-corrected chi connectivity index (χ3v) is 3.64. The molecule has 0 aliphatic carbocycles. The van der Waals surface area contributed by atoms with Crippen LogP contribution in [0.4, 0.5) is 0 Å². The first-order chi connectivity index (χ1) is 10.2. The van der Waals surface area contributed by atoms with Crippen molar-refractivity contribution >= 4 is 0 Å². The number of aliphatic hydroxyl groups excluding tert-OH is 3. The number of unbranched alkanes of at least 4 members (excludes halogenated alkanes) is 4. The van der Waals surface area contributed by atoms with E-state index in [2.05, 4.69) is 19.1 Å². The average Bonchev–Trinajstić information content (AvgIpc) is 2.81. The molecule has 1 fully saturated rings. The first-order valence-electron chi connectivity index (χ1n) is 8.05. The Morgan fingerprint density at radius 1 is 1.19 bits per heavy atom. The molecule has 4 atom stereocenters. The van der Waals surface area contributed by atoms with Gasteiger partial charge in [-0.05, 0) is 25.7 Å². The highest BCUT2D eigenvalue weighted by Crippen LogP contribution is 2.17. The fraction of sp³-hybridized carbons (Fsp3) is 0.875. The quantitative estimate of drug-likeness (QED) is 0.397. The van der Waals surface area contributed by atoms with Crippen LogP contribution in [0.3, 0.4) is 0 Å². The Morgan fingerprint density at radius 2 is 1.95 bits per heavy atom. The summed E-state index contributed by atoms with van der Waals surface area (Å²) in [7, 11) is 0. The summed E-state index contributed by atoms with van der Waals surface area (Å²) in [6.45, 7) is 2.97. The minimum atomic E-state index is -1.03. The van der Waals surface area contributed by atoms with E-state index in [0.29, 0.717) is 6.61 Å². The minimum Gasteiger partial charge on any atom is -0.388 e. The molecule has 0 spiro atoms. The van der Waals surface area contributed by atoms with Crippen molar-refractivity contribution in [3.63, 3.8) is 0 Å². The zero-order valence-corrected chi connectivity index (χ0v) is 13.0. The second-order valence-electron chi connectivity index (χ2n) is 5.61. The molecule has 0 bridgehead atoms. The van der Waals surface area contributed by atoms with Gasteiger partial charge in [-0.25, -0.2) is 0 Å². The molecular formula is C16H30O5. The molecule has 5 nitrogen and oxygen atoms in total. The topological polar surface area (TPSA) is 79.2 Å². The van der Waals surface area contributed by atoms with Crippen LogP contribution in [0.2, 0.25) is 0 Å². The van der Waals surface area contributed by atoms with Gasteiger partial charge in [-0.15, -0.1) is 0 Å². The predicted molar refractivity (Wildman–Crippen MR) is 81.1 cm³/mol. The van der Waals surface area contributed by atoms with E-state index in [0.717, 1.165) is 32.1 Å². The number of hydrogen-bond acceptors (Lipinski definition) is 5. The van der Waals surface area contributed by atoms with Crippen LogP contribution in [0.15, 0.2) is 12.2 Å². The zero-order chi connectivity index (χ0) is 15.5. The molecule has 1 aliphatic rings. The van der Waals surface area contributed by atoms with Gasteiger partial charge in [0, 0.05) is 6.61 Å². The van der Waals surface area contributed by atoms with Crippen molar-refractivity contribution in [1.29, 1.82) is 0 Å². The Balaban J connectivity index is 1.94. The smallest absolute Gasteiger partial charge is 0.114 e. The fourth-order valence-electron chi connectivity index (χ4n) is 2.31. The first-order valence-corrected chi connectivity index (χ1v) is 8.05. The monoisotopic (exact) mass is 302 g/mol. The zero-order valence-electron chi connectivity index (χ0n) is 13.0. The molecule has 0 radical (unpaired) electrons. The van der Waals surface area contributed by atoms with E-state index in [1.807, 2.05) is 0 Å².